The highest BCUT2D eigenvalue weighted by Gasteiger charge is 2.26. The fourth-order valence-electron chi connectivity index (χ4n) is 2.33. The van der Waals surface area contributed by atoms with Gasteiger partial charge in [0.2, 0.25) is 21.8 Å². The Hall–Kier alpha value is -2.15. The summed E-state index contributed by atoms with van der Waals surface area (Å²) in [5, 5.41) is 0. The number of hydrazine groups is 1. The van der Waals surface area contributed by atoms with Crippen LogP contribution in [0.2, 0.25) is 0 Å². The van der Waals surface area contributed by atoms with Gasteiger partial charge in [0.15, 0.2) is 0 Å². The maximum atomic E-state index is 12.7. The molecule has 1 aromatic rings. The van der Waals surface area contributed by atoms with Crippen molar-refractivity contribution in [3.05, 3.63) is 29.8 Å². The summed E-state index contributed by atoms with van der Waals surface area (Å²) >= 11 is 1.21. The molecule has 0 saturated carbocycles. The number of sulfonamides is 1. The lowest BCUT2D eigenvalue weighted by molar-refractivity contribution is -0.121. The predicted octanol–water partition coefficient (Wildman–Crippen LogP) is -0.923. The Morgan fingerprint density at radius 3 is 2.57 bits per heavy atom. The number of amides is 3. The maximum absolute atomic E-state index is 12.7. The third-order valence-electron chi connectivity index (χ3n) is 3.74. The van der Waals surface area contributed by atoms with Crippen molar-refractivity contribution in [3.63, 3.8) is 0 Å². The first-order chi connectivity index (χ1) is 13.3. The molecule has 28 heavy (non-hydrogen) atoms. The van der Waals surface area contributed by atoms with Crippen LogP contribution in [0.1, 0.15) is 16.8 Å². The molecule has 0 aliphatic carbocycles. The van der Waals surface area contributed by atoms with E-state index in [1.807, 2.05) is 0 Å². The van der Waals surface area contributed by atoms with Crippen molar-refractivity contribution in [2.75, 3.05) is 37.8 Å². The van der Waals surface area contributed by atoms with Crippen LogP contribution in [0.25, 0.3) is 0 Å². The van der Waals surface area contributed by atoms with E-state index in [9.17, 15) is 22.8 Å². The van der Waals surface area contributed by atoms with Crippen LogP contribution < -0.4 is 16.6 Å². The van der Waals surface area contributed by atoms with Crippen molar-refractivity contribution < 1.29 is 27.5 Å². The van der Waals surface area contributed by atoms with Crippen LogP contribution in [0.3, 0.4) is 0 Å². The minimum absolute atomic E-state index is 0.00349. The topological polar surface area (TPSA) is 148 Å². The molecule has 10 nitrogen and oxygen atoms in total. The first kappa shape index (κ1) is 22.1. The zero-order chi connectivity index (χ0) is 20.6. The zero-order valence-electron chi connectivity index (χ0n) is 15.0. The normalized spacial score (nSPS) is 15.0. The highest BCUT2D eigenvalue weighted by molar-refractivity contribution is 7.99. The van der Waals surface area contributed by atoms with Gasteiger partial charge in [-0.05, 0) is 18.2 Å². The highest BCUT2D eigenvalue weighted by Crippen LogP contribution is 2.18. The van der Waals surface area contributed by atoms with E-state index < -0.39 is 27.7 Å². The minimum Gasteiger partial charge on any atom is -0.379 e. The van der Waals surface area contributed by atoms with Gasteiger partial charge in [-0.2, -0.15) is 16.1 Å². The quantitative estimate of drug-likeness (QED) is 0.357. The van der Waals surface area contributed by atoms with Crippen LogP contribution in [-0.2, 0) is 24.3 Å². The Morgan fingerprint density at radius 2 is 1.89 bits per heavy atom. The summed E-state index contributed by atoms with van der Waals surface area (Å²) < 4.78 is 31.8. The number of ether oxygens (including phenoxy) is 1. The molecule has 3 amide bonds. The number of nitrogens with zero attached hydrogens (tertiary/aromatic N) is 1. The molecule has 4 N–H and O–H groups in total. The molecule has 0 atom stereocenters. The molecule has 0 aromatic heterocycles. The minimum atomic E-state index is -3.73. The largest absolute Gasteiger partial charge is 0.379 e. The molecule has 154 valence electrons. The molecular weight excluding hydrogens is 408 g/mol. The van der Waals surface area contributed by atoms with E-state index in [0.717, 1.165) is 0 Å². The van der Waals surface area contributed by atoms with Gasteiger partial charge < -0.3 is 10.5 Å². The van der Waals surface area contributed by atoms with E-state index in [1.54, 1.807) is 0 Å². The van der Waals surface area contributed by atoms with E-state index in [-0.39, 0.29) is 35.7 Å². The molecule has 0 bridgehead atoms. The first-order valence-corrected chi connectivity index (χ1v) is 11.0. The second-order valence-corrected chi connectivity index (χ2v) is 8.86. The van der Waals surface area contributed by atoms with E-state index in [4.69, 9.17) is 10.5 Å². The summed E-state index contributed by atoms with van der Waals surface area (Å²) in [5.74, 6) is -1.06. The SMILES string of the molecule is NC(=O)CSCCC(=O)NNC(=O)c1cccc(S(=O)(=O)N2CCOCC2)c1. The molecule has 1 aromatic carbocycles. The van der Waals surface area contributed by atoms with E-state index in [1.165, 1.54) is 40.3 Å². The van der Waals surface area contributed by atoms with Crippen LogP contribution in [0.5, 0.6) is 0 Å². The Kier molecular flexibility index (Phi) is 8.23. The molecular formula is C16H22N4O6S2. The Labute approximate surface area is 167 Å². The number of thioether (sulfide) groups is 1. The third-order valence-corrected chi connectivity index (χ3v) is 6.61. The number of rotatable bonds is 8. The van der Waals surface area contributed by atoms with Gasteiger partial charge in [-0.1, -0.05) is 6.07 Å². The lowest BCUT2D eigenvalue weighted by Gasteiger charge is -2.26. The molecule has 1 heterocycles. The number of benzene rings is 1. The number of nitrogens with one attached hydrogen (secondary N) is 2. The average molecular weight is 431 g/mol. The standard InChI is InChI=1S/C16H22N4O6S2/c17-14(21)11-27-9-4-15(22)18-19-16(23)12-2-1-3-13(10-12)28(24,25)20-5-7-26-8-6-20/h1-3,10H,4-9,11H2,(H2,17,21)(H,18,22)(H,19,23). The number of nitrogens with two attached hydrogens (primary N) is 1. The lowest BCUT2D eigenvalue weighted by Crippen LogP contribution is -2.42. The average Bonchev–Trinajstić information content (AvgIpc) is 2.70. The van der Waals surface area contributed by atoms with Crippen LogP contribution in [0.4, 0.5) is 0 Å². The summed E-state index contributed by atoms with van der Waals surface area (Å²) in [6.07, 6.45) is 0.0870. The van der Waals surface area contributed by atoms with Gasteiger partial charge in [0.1, 0.15) is 0 Å². The van der Waals surface area contributed by atoms with Crippen molar-refractivity contribution in [2.24, 2.45) is 5.73 Å². The van der Waals surface area contributed by atoms with Gasteiger partial charge >= 0.3 is 0 Å². The summed E-state index contributed by atoms with van der Waals surface area (Å²) in [6.45, 7) is 1.15. The Balaban J connectivity index is 1.91. The summed E-state index contributed by atoms with van der Waals surface area (Å²) in [6, 6.07) is 5.58. The number of primary amides is 1. The van der Waals surface area contributed by atoms with Gasteiger partial charge in [0.25, 0.3) is 5.91 Å². The third kappa shape index (κ3) is 6.48. The van der Waals surface area contributed by atoms with Crippen LogP contribution >= 0.6 is 11.8 Å². The Bertz CT molecular complexity index is 824. The highest BCUT2D eigenvalue weighted by atomic mass is 32.2. The molecule has 0 radical (unpaired) electrons. The molecule has 0 spiro atoms. The molecule has 2 rings (SSSR count). The van der Waals surface area contributed by atoms with Gasteiger partial charge in [0.05, 0.1) is 23.9 Å². The van der Waals surface area contributed by atoms with Gasteiger partial charge in [-0.15, -0.1) is 0 Å². The predicted molar refractivity (Wildman–Crippen MR) is 103 cm³/mol. The second kappa shape index (κ2) is 10.4. The summed E-state index contributed by atoms with van der Waals surface area (Å²) in [5.41, 5.74) is 9.57. The van der Waals surface area contributed by atoms with Gasteiger partial charge in [-0.25, -0.2) is 8.42 Å². The summed E-state index contributed by atoms with van der Waals surface area (Å²) in [7, 11) is -3.73. The van der Waals surface area contributed by atoms with Crippen molar-refractivity contribution in [1.29, 1.82) is 0 Å². The van der Waals surface area contributed by atoms with Crippen LogP contribution in [0.15, 0.2) is 29.2 Å². The molecule has 1 aliphatic rings. The fourth-order valence-corrected chi connectivity index (χ4v) is 4.46. The van der Waals surface area contributed by atoms with E-state index in [2.05, 4.69) is 10.9 Å². The Morgan fingerprint density at radius 1 is 1.18 bits per heavy atom. The lowest BCUT2D eigenvalue weighted by atomic mass is 10.2. The number of hydrogen-bond donors (Lipinski definition) is 3. The number of carbonyl (C=O) groups is 3. The van der Waals surface area contributed by atoms with Crippen LogP contribution in [0, 0.1) is 0 Å². The van der Waals surface area contributed by atoms with Crippen molar-refractivity contribution in [1.82, 2.24) is 15.2 Å². The molecule has 1 fully saturated rings. The fraction of sp³-hybridized carbons (Fsp3) is 0.438. The monoisotopic (exact) mass is 430 g/mol. The van der Waals surface area contributed by atoms with E-state index in [0.29, 0.717) is 19.0 Å². The molecule has 1 aliphatic heterocycles. The number of morpholine rings is 1. The van der Waals surface area contributed by atoms with Crippen molar-refractivity contribution in [2.45, 2.75) is 11.3 Å². The summed E-state index contributed by atoms with van der Waals surface area (Å²) in [4.78, 5) is 34.5. The van der Waals surface area contributed by atoms with E-state index >= 15 is 0 Å². The molecule has 0 unspecified atom stereocenters. The van der Waals surface area contributed by atoms with Gasteiger partial charge in [0, 0.05) is 30.8 Å². The van der Waals surface area contributed by atoms with Crippen molar-refractivity contribution in [3.8, 4) is 0 Å². The maximum Gasteiger partial charge on any atom is 0.269 e. The molecule has 12 heteroatoms. The van der Waals surface area contributed by atoms with Gasteiger partial charge in [-0.3, -0.25) is 25.2 Å². The number of carbonyl (C=O) groups excluding carboxylic acids is 3. The zero-order valence-corrected chi connectivity index (χ0v) is 16.7. The van der Waals surface area contributed by atoms with Crippen molar-refractivity contribution >= 4 is 39.5 Å². The second-order valence-electron chi connectivity index (χ2n) is 5.82. The van der Waals surface area contributed by atoms with Crippen LogP contribution in [-0.4, -0.2) is 68.3 Å². The smallest absolute Gasteiger partial charge is 0.269 e. The molecule has 1 saturated heterocycles. The first-order valence-electron chi connectivity index (χ1n) is 8.44. The number of hydrogen-bond acceptors (Lipinski definition) is 7.